The molecule has 0 aromatic heterocycles. The molecular formula is C12H16FNO2. The fourth-order valence-corrected chi connectivity index (χ4v) is 1.76. The molecule has 0 amide bonds. The third-order valence-corrected chi connectivity index (χ3v) is 2.53. The molecule has 88 valence electrons. The lowest BCUT2D eigenvalue weighted by molar-refractivity contribution is 0.195. The largest absolute Gasteiger partial charge is 0.492 e. The second-order valence-electron chi connectivity index (χ2n) is 3.78. The minimum atomic E-state index is -0.281. The van der Waals surface area contributed by atoms with Crippen LogP contribution in [0.5, 0.6) is 5.75 Å². The molecule has 0 aliphatic carbocycles. The molecule has 0 spiro atoms. The van der Waals surface area contributed by atoms with Gasteiger partial charge in [0.05, 0.1) is 24.9 Å². The van der Waals surface area contributed by atoms with Crippen LogP contribution in [-0.2, 0) is 4.74 Å². The van der Waals surface area contributed by atoms with E-state index in [9.17, 15) is 4.39 Å². The predicted molar refractivity (Wildman–Crippen MR) is 60.4 cm³/mol. The molecule has 0 radical (unpaired) electrons. The number of hydrogen-bond donors (Lipinski definition) is 1. The van der Waals surface area contributed by atoms with Crippen molar-refractivity contribution in [2.24, 2.45) is 0 Å². The van der Waals surface area contributed by atoms with Crippen LogP contribution in [0.25, 0.3) is 0 Å². The van der Waals surface area contributed by atoms with Gasteiger partial charge in [-0.25, -0.2) is 4.39 Å². The first kappa shape index (κ1) is 11.2. The topological polar surface area (TPSA) is 30.5 Å². The molecule has 2 rings (SSSR count). The number of rotatable bonds is 4. The highest BCUT2D eigenvalue weighted by Gasteiger charge is 2.17. The first-order valence-corrected chi connectivity index (χ1v) is 5.56. The van der Waals surface area contributed by atoms with E-state index >= 15 is 0 Å². The lowest BCUT2D eigenvalue weighted by Crippen LogP contribution is -2.19. The van der Waals surface area contributed by atoms with Crippen LogP contribution < -0.4 is 10.1 Å². The molecule has 1 fully saturated rings. The first-order valence-electron chi connectivity index (χ1n) is 5.56. The van der Waals surface area contributed by atoms with Gasteiger partial charge in [0, 0.05) is 12.7 Å². The van der Waals surface area contributed by atoms with E-state index in [1.165, 1.54) is 12.1 Å². The van der Waals surface area contributed by atoms with E-state index in [1.54, 1.807) is 6.07 Å². The predicted octanol–water partition coefficient (Wildman–Crippen LogP) is 2.43. The maximum absolute atomic E-state index is 13.1. The van der Waals surface area contributed by atoms with Crippen molar-refractivity contribution in [2.45, 2.75) is 19.4 Å². The number of benzene rings is 1. The van der Waals surface area contributed by atoms with Gasteiger partial charge in [0.15, 0.2) is 0 Å². The van der Waals surface area contributed by atoms with Crippen molar-refractivity contribution in [1.82, 2.24) is 0 Å². The summed E-state index contributed by atoms with van der Waals surface area (Å²) in [5.41, 5.74) is 0.832. The Morgan fingerprint density at radius 1 is 1.56 bits per heavy atom. The molecule has 1 aliphatic rings. The van der Waals surface area contributed by atoms with Crippen molar-refractivity contribution < 1.29 is 13.9 Å². The molecule has 16 heavy (non-hydrogen) atoms. The Balaban J connectivity index is 2.11. The first-order chi connectivity index (χ1) is 7.79. The Labute approximate surface area is 94.6 Å². The molecule has 1 heterocycles. The van der Waals surface area contributed by atoms with Gasteiger partial charge in [0.1, 0.15) is 11.6 Å². The fourth-order valence-electron chi connectivity index (χ4n) is 1.76. The number of nitrogens with one attached hydrogen (secondary N) is 1. The summed E-state index contributed by atoms with van der Waals surface area (Å²) in [6, 6.07) is 4.84. The zero-order chi connectivity index (χ0) is 11.4. The molecule has 1 aliphatic heterocycles. The Kier molecular flexibility index (Phi) is 3.62. The highest BCUT2D eigenvalue weighted by Crippen LogP contribution is 2.27. The molecule has 1 unspecified atom stereocenters. The summed E-state index contributed by atoms with van der Waals surface area (Å²) in [7, 11) is 0. The zero-order valence-electron chi connectivity index (χ0n) is 9.33. The minimum Gasteiger partial charge on any atom is -0.492 e. The molecule has 1 aromatic rings. The molecule has 0 bridgehead atoms. The molecule has 4 heteroatoms. The summed E-state index contributed by atoms with van der Waals surface area (Å²) in [6.07, 6.45) is 0.975. The van der Waals surface area contributed by atoms with Gasteiger partial charge in [0.2, 0.25) is 0 Å². The summed E-state index contributed by atoms with van der Waals surface area (Å²) in [5, 5.41) is 3.30. The van der Waals surface area contributed by atoms with Gasteiger partial charge < -0.3 is 14.8 Å². The quantitative estimate of drug-likeness (QED) is 0.853. The summed E-state index contributed by atoms with van der Waals surface area (Å²) < 4.78 is 23.7. The normalized spacial score (nSPS) is 19.8. The van der Waals surface area contributed by atoms with E-state index < -0.39 is 0 Å². The zero-order valence-corrected chi connectivity index (χ0v) is 9.33. The van der Waals surface area contributed by atoms with Crippen LogP contribution in [0, 0.1) is 5.82 Å². The average molecular weight is 225 g/mol. The van der Waals surface area contributed by atoms with Gasteiger partial charge in [0.25, 0.3) is 0 Å². The van der Waals surface area contributed by atoms with Crippen molar-refractivity contribution in [2.75, 3.05) is 25.1 Å². The van der Waals surface area contributed by atoms with Gasteiger partial charge in [-0.2, -0.15) is 0 Å². The van der Waals surface area contributed by atoms with E-state index in [1.807, 2.05) is 6.92 Å². The van der Waals surface area contributed by atoms with Gasteiger partial charge in [-0.1, -0.05) is 0 Å². The van der Waals surface area contributed by atoms with Crippen LogP contribution in [0.2, 0.25) is 0 Å². The van der Waals surface area contributed by atoms with Gasteiger partial charge in [-0.15, -0.1) is 0 Å². The van der Waals surface area contributed by atoms with E-state index in [4.69, 9.17) is 9.47 Å². The van der Waals surface area contributed by atoms with E-state index in [2.05, 4.69) is 5.32 Å². The standard InChI is InChI=1S/C12H16FNO2/c1-2-16-12-7-9(13)3-4-11(12)14-10-5-6-15-8-10/h3-4,7,10,14H,2,5-6,8H2,1H3. The number of anilines is 1. The Morgan fingerprint density at radius 3 is 3.12 bits per heavy atom. The maximum atomic E-state index is 13.1. The molecule has 3 nitrogen and oxygen atoms in total. The lowest BCUT2D eigenvalue weighted by atomic mass is 10.2. The van der Waals surface area contributed by atoms with Crippen molar-refractivity contribution in [1.29, 1.82) is 0 Å². The molecule has 1 N–H and O–H groups in total. The van der Waals surface area contributed by atoms with Crippen molar-refractivity contribution >= 4 is 5.69 Å². The monoisotopic (exact) mass is 225 g/mol. The van der Waals surface area contributed by atoms with Crippen LogP contribution in [0.1, 0.15) is 13.3 Å². The molecular weight excluding hydrogens is 209 g/mol. The summed E-state index contributed by atoms with van der Waals surface area (Å²) in [4.78, 5) is 0. The van der Waals surface area contributed by atoms with Gasteiger partial charge >= 0.3 is 0 Å². The fraction of sp³-hybridized carbons (Fsp3) is 0.500. The number of hydrogen-bond acceptors (Lipinski definition) is 3. The molecule has 1 saturated heterocycles. The van der Waals surface area contributed by atoms with Crippen LogP contribution >= 0.6 is 0 Å². The van der Waals surface area contributed by atoms with Crippen molar-refractivity contribution in [3.8, 4) is 5.75 Å². The van der Waals surface area contributed by atoms with Crippen LogP contribution in [-0.4, -0.2) is 25.9 Å². The smallest absolute Gasteiger partial charge is 0.145 e. The Morgan fingerprint density at radius 2 is 2.44 bits per heavy atom. The van der Waals surface area contributed by atoms with Crippen molar-refractivity contribution in [3.05, 3.63) is 24.0 Å². The molecule has 1 atom stereocenters. The second kappa shape index (κ2) is 5.16. The van der Waals surface area contributed by atoms with E-state index in [0.29, 0.717) is 25.0 Å². The molecule has 1 aromatic carbocycles. The highest BCUT2D eigenvalue weighted by molar-refractivity contribution is 5.57. The lowest BCUT2D eigenvalue weighted by Gasteiger charge is -2.16. The van der Waals surface area contributed by atoms with Crippen LogP contribution in [0.3, 0.4) is 0 Å². The summed E-state index contributed by atoms with van der Waals surface area (Å²) >= 11 is 0. The maximum Gasteiger partial charge on any atom is 0.145 e. The van der Waals surface area contributed by atoms with Crippen LogP contribution in [0.15, 0.2) is 18.2 Å². The third kappa shape index (κ3) is 2.64. The SMILES string of the molecule is CCOc1cc(F)ccc1NC1CCOC1. The van der Waals surface area contributed by atoms with Crippen molar-refractivity contribution in [3.63, 3.8) is 0 Å². The molecule has 0 saturated carbocycles. The third-order valence-electron chi connectivity index (χ3n) is 2.53. The second-order valence-corrected chi connectivity index (χ2v) is 3.78. The van der Waals surface area contributed by atoms with E-state index in [-0.39, 0.29) is 5.82 Å². The number of halogens is 1. The van der Waals surface area contributed by atoms with Gasteiger partial charge in [-0.05, 0) is 25.5 Å². The Hall–Kier alpha value is -1.29. The summed E-state index contributed by atoms with van der Waals surface area (Å²) in [5.74, 6) is 0.283. The minimum absolute atomic E-state index is 0.281. The average Bonchev–Trinajstić information content (AvgIpc) is 2.75. The van der Waals surface area contributed by atoms with E-state index in [0.717, 1.165) is 18.7 Å². The van der Waals surface area contributed by atoms with Gasteiger partial charge in [-0.3, -0.25) is 0 Å². The number of ether oxygens (including phenoxy) is 2. The van der Waals surface area contributed by atoms with Crippen LogP contribution in [0.4, 0.5) is 10.1 Å². The highest BCUT2D eigenvalue weighted by atomic mass is 19.1. The Bertz CT molecular complexity index is 351. The summed E-state index contributed by atoms with van der Waals surface area (Å²) in [6.45, 7) is 3.89.